The smallest absolute Gasteiger partial charge is 0.0158 e. The van der Waals surface area contributed by atoms with Gasteiger partial charge in [0.05, 0.1) is 0 Å². The molecule has 14 heavy (non-hydrogen) atoms. The van der Waals surface area contributed by atoms with Crippen LogP contribution >= 0.6 is 0 Å². The lowest BCUT2D eigenvalue weighted by atomic mass is 9.95. The van der Waals surface area contributed by atoms with E-state index in [1.54, 1.807) is 0 Å². The zero-order valence-electron chi connectivity index (χ0n) is 9.09. The van der Waals surface area contributed by atoms with E-state index < -0.39 is 0 Å². The molecule has 0 fully saturated rings. The Bertz CT molecular complexity index is 363. The Morgan fingerprint density at radius 2 is 2.14 bits per heavy atom. The normalized spacial score (nSPS) is 12.2. The molecule has 0 aromatic heterocycles. The van der Waals surface area contributed by atoms with Crippen LogP contribution in [0.3, 0.4) is 0 Å². The summed E-state index contributed by atoms with van der Waals surface area (Å²) in [5.74, 6) is 0.202. The minimum atomic E-state index is 0.202. The highest BCUT2D eigenvalue weighted by Gasteiger charge is 2.04. The quantitative estimate of drug-likeness (QED) is 0.696. The molecule has 0 saturated heterocycles. The van der Waals surface area contributed by atoms with Crippen molar-refractivity contribution in [1.82, 2.24) is 0 Å². The van der Waals surface area contributed by atoms with Crippen LogP contribution in [0.2, 0.25) is 0 Å². The number of benzene rings is 1. The molecule has 0 aliphatic heterocycles. The lowest BCUT2D eigenvalue weighted by Gasteiger charge is -2.10. The molecule has 0 saturated carbocycles. The van der Waals surface area contributed by atoms with E-state index in [0.717, 1.165) is 5.57 Å². The van der Waals surface area contributed by atoms with Crippen molar-refractivity contribution >= 4 is 11.8 Å². The molecule has 0 aliphatic carbocycles. The summed E-state index contributed by atoms with van der Waals surface area (Å²) in [6, 6.07) is 6.30. The second-order valence-electron chi connectivity index (χ2n) is 3.81. The molecular weight excluding hydrogens is 170 g/mol. The first-order valence-electron chi connectivity index (χ1n) is 4.83. The Labute approximate surface area is 86.0 Å². The van der Waals surface area contributed by atoms with Crippen molar-refractivity contribution in [2.24, 2.45) is 0 Å². The van der Waals surface area contributed by atoms with Crippen LogP contribution in [0.25, 0.3) is 5.57 Å². The average Bonchev–Trinajstić information content (AvgIpc) is 2.15. The summed E-state index contributed by atoms with van der Waals surface area (Å²) in [6.07, 6.45) is 1.47. The van der Waals surface area contributed by atoms with Gasteiger partial charge in [-0.3, -0.25) is 0 Å². The summed E-state index contributed by atoms with van der Waals surface area (Å²) < 4.78 is 0. The van der Waals surface area contributed by atoms with Crippen molar-refractivity contribution in [3.63, 3.8) is 0 Å². The van der Waals surface area contributed by atoms with Crippen LogP contribution in [0.4, 0.5) is 0 Å². The van der Waals surface area contributed by atoms with Crippen LogP contribution in [-0.4, -0.2) is 6.21 Å². The Hall–Kier alpha value is -1.37. The molecule has 1 N–H and O–H groups in total. The summed E-state index contributed by atoms with van der Waals surface area (Å²) in [5.41, 5.74) is 4.74. The zero-order valence-corrected chi connectivity index (χ0v) is 9.09. The molecular formula is C13H17N. The van der Waals surface area contributed by atoms with Gasteiger partial charge in [-0.1, -0.05) is 37.3 Å². The molecule has 74 valence electrons. The molecule has 0 amide bonds. The van der Waals surface area contributed by atoms with Gasteiger partial charge in [-0.25, -0.2) is 0 Å². The van der Waals surface area contributed by atoms with E-state index in [9.17, 15) is 0 Å². The predicted octanol–water partition coefficient (Wildman–Crippen LogP) is 3.78. The second-order valence-corrected chi connectivity index (χ2v) is 3.81. The van der Waals surface area contributed by atoms with Gasteiger partial charge in [0.2, 0.25) is 0 Å². The van der Waals surface area contributed by atoms with Crippen LogP contribution in [-0.2, 0) is 0 Å². The van der Waals surface area contributed by atoms with Gasteiger partial charge in [0.15, 0.2) is 0 Å². The predicted molar refractivity (Wildman–Crippen MR) is 63.1 cm³/mol. The van der Waals surface area contributed by atoms with E-state index >= 15 is 0 Å². The van der Waals surface area contributed by atoms with Gasteiger partial charge in [-0.05, 0) is 30.5 Å². The lowest BCUT2D eigenvalue weighted by molar-refractivity contribution is 1.03. The van der Waals surface area contributed by atoms with Gasteiger partial charge >= 0.3 is 0 Å². The van der Waals surface area contributed by atoms with Crippen LogP contribution in [0, 0.1) is 12.3 Å². The maximum atomic E-state index is 7.21. The molecule has 1 rings (SSSR count). The highest BCUT2D eigenvalue weighted by molar-refractivity contribution is 5.68. The van der Waals surface area contributed by atoms with Crippen molar-refractivity contribution in [1.29, 1.82) is 5.41 Å². The van der Waals surface area contributed by atoms with Gasteiger partial charge in [0.25, 0.3) is 0 Å². The lowest BCUT2D eigenvalue weighted by Crippen LogP contribution is -1.95. The minimum absolute atomic E-state index is 0.202. The van der Waals surface area contributed by atoms with Crippen LogP contribution in [0.5, 0.6) is 0 Å². The van der Waals surface area contributed by atoms with Crippen molar-refractivity contribution < 1.29 is 0 Å². The first-order chi connectivity index (χ1) is 6.56. The highest BCUT2D eigenvalue weighted by atomic mass is 14.3. The fourth-order valence-corrected chi connectivity index (χ4v) is 1.55. The number of aryl methyl sites for hydroxylation is 1. The second kappa shape index (κ2) is 4.23. The third-order valence-corrected chi connectivity index (χ3v) is 2.49. The molecule has 0 radical (unpaired) electrons. The molecule has 0 heterocycles. The van der Waals surface area contributed by atoms with E-state index in [4.69, 9.17) is 5.41 Å². The SMILES string of the molecule is C=C(C)c1ccc(C(C)C=N)cc1C. The Morgan fingerprint density at radius 3 is 2.57 bits per heavy atom. The van der Waals surface area contributed by atoms with E-state index in [0.29, 0.717) is 0 Å². The van der Waals surface area contributed by atoms with E-state index in [1.165, 1.54) is 22.9 Å². The minimum Gasteiger partial charge on any atom is -0.312 e. The van der Waals surface area contributed by atoms with Gasteiger partial charge < -0.3 is 5.41 Å². The molecule has 1 atom stereocenters. The van der Waals surface area contributed by atoms with Gasteiger partial charge in [0.1, 0.15) is 0 Å². The van der Waals surface area contributed by atoms with Crippen LogP contribution < -0.4 is 0 Å². The number of nitrogens with one attached hydrogen (secondary N) is 1. The zero-order chi connectivity index (χ0) is 10.7. The Kier molecular flexibility index (Phi) is 3.23. The molecule has 1 unspecified atom stereocenters. The van der Waals surface area contributed by atoms with E-state index in [-0.39, 0.29) is 5.92 Å². The summed E-state index contributed by atoms with van der Waals surface area (Å²) in [5, 5.41) is 7.21. The van der Waals surface area contributed by atoms with Crippen molar-refractivity contribution in [3.05, 3.63) is 41.5 Å². The fourth-order valence-electron chi connectivity index (χ4n) is 1.55. The molecule has 1 aromatic rings. The van der Waals surface area contributed by atoms with Gasteiger partial charge in [-0.15, -0.1) is 0 Å². The summed E-state index contributed by atoms with van der Waals surface area (Å²) in [7, 11) is 0. The summed E-state index contributed by atoms with van der Waals surface area (Å²) >= 11 is 0. The van der Waals surface area contributed by atoms with Crippen molar-refractivity contribution in [2.75, 3.05) is 0 Å². The number of hydrogen-bond donors (Lipinski definition) is 1. The third-order valence-electron chi connectivity index (χ3n) is 2.49. The van der Waals surface area contributed by atoms with Crippen LogP contribution in [0.1, 0.15) is 36.5 Å². The summed E-state index contributed by atoms with van der Waals surface area (Å²) in [6.45, 7) is 10.1. The average molecular weight is 187 g/mol. The Balaban J connectivity index is 3.12. The summed E-state index contributed by atoms with van der Waals surface area (Å²) in [4.78, 5) is 0. The van der Waals surface area contributed by atoms with Crippen molar-refractivity contribution in [3.8, 4) is 0 Å². The number of rotatable bonds is 3. The highest BCUT2D eigenvalue weighted by Crippen LogP contribution is 2.21. The molecule has 0 aliphatic rings. The van der Waals surface area contributed by atoms with Gasteiger partial charge in [-0.2, -0.15) is 0 Å². The maximum absolute atomic E-state index is 7.21. The standard InChI is InChI=1S/C13H17N/c1-9(2)13-6-5-12(7-10(13)3)11(4)8-14/h5-8,11,14H,1H2,2-4H3. The van der Waals surface area contributed by atoms with Gasteiger partial charge in [0, 0.05) is 12.1 Å². The monoisotopic (exact) mass is 187 g/mol. The molecule has 0 spiro atoms. The van der Waals surface area contributed by atoms with E-state index in [1.807, 2.05) is 13.8 Å². The van der Waals surface area contributed by atoms with Crippen LogP contribution in [0.15, 0.2) is 24.8 Å². The largest absolute Gasteiger partial charge is 0.312 e. The van der Waals surface area contributed by atoms with E-state index in [2.05, 4.69) is 31.7 Å². The fraction of sp³-hybridized carbons (Fsp3) is 0.308. The first kappa shape index (κ1) is 10.7. The first-order valence-corrected chi connectivity index (χ1v) is 4.83. The molecule has 1 aromatic carbocycles. The molecule has 0 bridgehead atoms. The van der Waals surface area contributed by atoms with Crippen molar-refractivity contribution in [2.45, 2.75) is 26.7 Å². The topological polar surface area (TPSA) is 23.9 Å². The molecule has 1 nitrogen and oxygen atoms in total. The number of hydrogen-bond acceptors (Lipinski definition) is 1. The number of allylic oxidation sites excluding steroid dienone is 1. The maximum Gasteiger partial charge on any atom is 0.0158 e. The Morgan fingerprint density at radius 1 is 1.50 bits per heavy atom. The third kappa shape index (κ3) is 2.11. The molecule has 1 heteroatoms.